The lowest BCUT2D eigenvalue weighted by molar-refractivity contribution is 0.480. The largest absolute Gasteiger partial charge is 0.314 e. The zero-order chi connectivity index (χ0) is 12.0. The van der Waals surface area contributed by atoms with Crippen LogP contribution in [0.2, 0.25) is 0 Å². The van der Waals surface area contributed by atoms with Crippen molar-refractivity contribution in [2.24, 2.45) is 0 Å². The number of halogens is 1. The molecule has 16 heavy (non-hydrogen) atoms. The second-order valence-electron chi connectivity index (χ2n) is 4.34. The van der Waals surface area contributed by atoms with E-state index in [1.807, 2.05) is 6.92 Å². The van der Waals surface area contributed by atoms with E-state index < -0.39 is 0 Å². The monoisotopic (exact) mass is 223 g/mol. The molecule has 0 spiro atoms. The molecule has 1 rings (SSSR count). The summed E-state index contributed by atoms with van der Waals surface area (Å²) < 4.78 is 13.2. The molecule has 0 aliphatic carbocycles. The molecule has 0 bridgehead atoms. The van der Waals surface area contributed by atoms with Crippen LogP contribution in [0.5, 0.6) is 0 Å². The lowest BCUT2D eigenvalue weighted by Gasteiger charge is -2.15. The molecule has 1 unspecified atom stereocenters. The fourth-order valence-electron chi connectivity index (χ4n) is 2.04. The maximum atomic E-state index is 13.2. The number of aryl methyl sites for hydroxylation is 2. The van der Waals surface area contributed by atoms with E-state index in [0.717, 1.165) is 36.9 Å². The van der Waals surface area contributed by atoms with Crippen LogP contribution in [-0.2, 0) is 6.42 Å². The van der Waals surface area contributed by atoms with Crippen LogP contribution in [-0.4, -0.2) is 12.6 Å². The van der Waals surface area contributed by atoms with Gasteiger partial charge in [0.25, 0.3) is 0 Å². The standard InChI is InChI=1S/C14H22FN/c1-4-14(16-5-2)7-6-12-8-11(3)9-13(15)10-12/h8-10,14,16H,4-7H2,1-3H3. The molecule has 2 heteroatoms. The van der Waals surface area contributed by atoms with Gasteiger partial charge >= 0.3 is 0 Å². The zero-order valence-corrected chi connectivity index (χ0v) is 10.5. The molecule has 0 fully saturated rings. The second kappa shape index (κ2) is 6.64. The topological polar surface area (TPSA) is 12.0 Å². The maximum absolute atomic E-state index is 13.2. The number of rotatable bonds is 6. The highest BCUT2D eigenvalue weighted by Gasteiger charge is 2.05. The van der Waals surface area contributed by atoms with Gasteiger partial charge in [0.2, 0.25) is 0 Å². The Morgan fingerprint density at radius 3 is 2.56 bits per heavy atom. The lowest BCUT2D eigenvalue weighted by Crippen LogP contribution is -2.28. The first-order valence-corrected chi connectivity index (χ1v) is 6.15. The van der Waals surface area contributed by atoms with E-state index in [0.29, 0.717) is 6.04 Å². The van der Waals surface area contributed by atoms with Gasteiger partial charge in [-0.3, -0.25) is 0 Å². The van der Waals surface area contributed by atoms with E-state index in [2.05, 4.69) is 25.2 Å². The molecule has 1 aromatic rings. The Labute approximate surface area is 98.1 Å². The van der Waals surface area contributed by atoms with Crippen molar-refractivity contribution in [2.45, 2.75) is 46.1 Å². The van der Waals surface area contributed by atoms with Crippen molar-refractivity contribution in [1.82, 2.24) is 5.32 Å². The van der Waals surface area contributed by atoms with Crippen LogP contribution in [0.4, 0.5) is 4.39 Å². The van der Waals surface area contributed by atoms with Gasteiger partial charge in [0, 0.05) is 6.04 Å². The molecule has 1 atom stereocenters. The number of hydrogen-bond acceptors (Lipinski definition) is 1. The van der Waals surface area contributed by atoms with Crippen LogP contribution >= 0.6 is 0 Å². The number of nitrogens with one attached hydrogen (secondary N) is 1. The lowest BCUT2D eigenvalue weighted by atomic mass is 10.0. The third-order valence-electron chi connectivity index (χ3n) is 2.87. The van der Waals surface area contributed by atoms with Crippen LogP contribution < -0.4 is 5.32 Å². The van der Waals surface area contributed by atoms with Crippen molar-refractivity contribution < 1.29 is 4.39 Å². The van der Waals surface area contributed by atoms with Crippen LogP contribution in [0.25, 0.3) is 0 Å². The molecule has 90 valence electrons. The Morgan fingerprint density at radius 2 is 2.00 bits per heavy atom. The average molecular weight is 223 g/mol. The molecule has 0 radical (unpaired) electrons. The van der Waals surface area contributed by atoms with Gasteiger partial charge in [-0.1, -0.05) is 19.9 Å². The van der Waals surface area contributed by atoms with Crippen LogP contribution in [0.1, 0.15) is 37.8 Å². The number of hydrogen-bond donors (Lipinski definition) is 1. The van der Waals surface area contributed by atoms with Gasteiger partial charge in [-0.25, -0.2) is 4.39 Å². The molecule has 0 aromatic heterocycles. The molecule has 0 heterocycles. The van der Waals surface area contributed by atoms with Gasteiger partial charge < -0.3 is 5.32 Å². The highest BCUT2D eigenvalue weighted by atomic mass is 19.1. The maximum Gasteiger partial charge on any atom is 0.123 e. The Hall–Kier alpha value is -0.890. The molecular weight excluding hydrogens is 201 g/mol. The van der Waals surface area contributed by atoms with E-state index in [1.165, 1.54) is 0 Å². The van der Waals surface area contributed by atoms with Gasteiger partial charge in [0.1, 0.15) is 5.82 Å². The summed E-state index contributed by atoms with van der Waals surface area (Å²) in [5.41, 5.74) is 2.11. The van der Waals surface area contributed by atoms with Crippen molar-refractivity contribution in [3.63, 3.8) is 0 Å². The SMILES string of the molecule is CCNC(CC)CCc1cc(C)cc(F)c1. The second-order valence-corrected chi connectivity index (χ2v) is 4.34. The molecule has 1 nitrogen and oxygen atoms in total. The fourth-order valence-corrected chi connectivity index (χ4v) is 2.04. The zero-order valence-electron chi connectivity index (χ0n) is 10.5. The summed E-state index contributed by atoms with van der Waals surface area (Å²) in [4.78, 5) is 0. The summed E-state index contributed by atoms with van der Waals surface area (Å²) in [5, 5.41) is 3.44. The van der Waals surface area contributed by atoms with Crippen LogP contribution in [0.15, 0.2) is 18.2 Å². The molecule has 0 aliphatic rings. The molecular formula is C14H22FN. The summed E-state index contributed by atoms with van der Waals surface area (Å²) in [6, 6.07) is 5.84. The van der Waals surface area contributed by atoms with Crippen molar-refractivity contribution in [2.75, 3.05) is 6.54 Å². The third-order valence-corrected chi connectivity index (χ3v) is 2.87. The summed E-state index contributed by atoms with van der Waals surface area (Å²) in [5.74, 6) is -0.119. The van der Waals surface area contributed by atoms with Crippen LogP contribution in [0.3, 0.4) is 0 Å². The highest BCUT2D eigenvalue weighted by molar-refractivity contribution is 5.23. The molecule has 1 aromatic carbocycles. The Balaban J connectivity index is 2.52. The van der Waals surface area contributed by atoms with Gasteiger partial charge in [-0.15, -0.1) is 0 Å². The molecule has 0 saturated carbocycles. The van der Waals surface area contributed by atoms with Gasteiger partial charge in [-0.05, 0) is 56.0 Å². The molecule has 1 N–H and O–H groups in total. The van der Waals surface area contributed by atoms with Gasteiger partial charge in [0.05, 0.1) is 0 Å². The van der Waals surface area contributed by atoms with Gasteiger partial charge in [0.15, 0.2) is 0 Å². The van der Waals surface area contributed by atoms with E-state index in [1.54, 1.807) is 12.1 Å². The number of benzene rings is 1. The highest BCUT2D eigenvalue weighted by Crippen LogP contribution is 2.12. The van der Waals surface area contributed by atoms with E-state index in [4.69, 9.17) is 0 Å². The van der Waals surface area contributed by atoms with E-state index >= 15 is 0 Å². The Morgan fingerprint density at radius 1 is 1.25 bits per heavy atom. The minimum absolute atomic E-state index is 0.119. The van der Waals surface area contributed by atoms with Crippen molar-refractivity contribution in [3.8, 4) is 0 Å². The van der Waals surface area contributed by atoms with E-state index in [9.17, 15) is 4.39 Å². The minimum Gasteiger partial charge on any atom is -0.314 e. The van der Waals surface area contributed by atoms with Crippen molar-refractivity contribution in [3.05, 3.63) is 35.1 Å². The summed E-state index contributed by atoms with van der Waals surface area (Å²) >= 11 is 0. The van der Waals surface area contributed by atoms with Crippen molar-refractivity contribution in [1.29, 1.82) is 0 Å². The predicted molar refractivity (Wildman–Crippen MR) is 67.2 cm³/mol. The summed E-state index contributed by atoms with van der Waals surface area (Å²) in [6.07, 6.45) is 3.15. The molecule has 0 aliphatic heterocycles. The smallest absolute Gasteiger partial charge is 0.123 e. The van der Waals surface area contributed by atoms with Crippen LogP contribution in [0, 0.1) is 12.7 Å². The first-order valence-electron chi connectivity index (χ1n) is 6.15. The van der Waals surface area contributed by atoms with Gasteiger partial charge in [-0.2, -0.15) is 0 Å². The van der Waals surface area contributed by atoms with E-state index in [-0.39, 0.29) is 5.82 Å². The normalized spacial score (nSPS) is 12.8. The summed E-state index contributed by atoms with van der Waals surface area (Å²) in [6.45, 7) is 7.24. The quantitative estimate of drug-likeness (QED) is 0.779. The first-order chi connectivity index (χ1) is 7.65. The third kappa shape index (κ3) is 4.31. The Kier molecular flexibility index (Phi) is 5.47. The fraction of sp³-hybridized carbons (Fsp3) is 0.571. The molecule has 0 saturated heterocycles. The van der Waals surface area contributed by atoms with Crippen molar-refractivity contribution >= 4 is 0 Å². The minimum atomic E-state index is -0.119. The molecule has 0 amide bonds. The summed E-state index contributed by atoms with van der Waals surface area (Å²) in [7, 11) is 0. The Bertz CT molecular complexity index is 302. The predicted octanol–water partition coefficient (Wildman–Crippen LogP) is 3.45. The average Bonchev–Trinajstić information content (AvgIpc) is 2.23. The first kappa shape index (κ1) is 13.2.